The summed E-state index contributed by atoms with van der Waals surface area (Å²) in [6.45, 7) is 0. The van der Waals surface area contributed by atoms with Gasteiger partial charge in [0.15, 0.2) is 0 Å². The number of benzene rings is 3. The zero-order chi connectivity index (χ0) is 20.7. The third-order valence-corrected chi connectivity index (χ3v) is 4.95. The number of nitro benzene ring substituents is 1. The molecule has 0 atom stereocenters. The van der Waals surface area contributed by atoms with Gasteiger partial charge in [-0.3, -0.25) is 10.1 Å². The van der Waals surface area contributed by atoms with Crippen LogP contribution in [0.15, 0.2) is 71.1 Å². The van der Waals surface area contributed by atoms with Crippen molar-refractivity contribution < 1.29 is 9.34 Å². The van der Waals surface area contributed by atoms with Gasteiger partial charge in [0.1, 0.15) is 5.82 Å². The van der Waals surface area contributed by atoms with E-state index in [2.05, 4.69) is 20.2 Å². The van der Waals surface area contributed by atoms with Gasteiger partial charge in [-0.25, -0.2) is 4.98 Å². The van der Waals surface area contributed by atoms with Gasteiger partial charge >= 0.3 is 0 Å². The van der Waals surface area contributed by atoms with E-state index >= 15 is 0 Å². The molecule has 1 N–H and O–H groups in total. The number of halogens is 1. The lowest BCUT2D eigenvalue weighted by Crippen LogP contribution is -1.87. The molecule has 3 aromatic carbocycles. The molecular weight excluding hydrogens is 406 g/mol. The van der Waals surface area contributed by atoms with Crippen molar-refractivity contribution in [3.05, 3.63) is 81.9 Å². The lowest BCUT2D eigenvalue weighted by Gasteiger charge is -2.03. The van der Waals surface area contributed by atoms with Crippen LogP contribution in [-0.4, -0.2) is 25.1 Å². The molecular formula is C21H12ClN5O3. The average molecular weight is 418 g/mol. The first-order chi connectivity index (χ1) is 14.6. The molecule has 0 saturated carbocycles. The maximum atomic E-state index is 11.0. The second-order valence-corrected chi connectivity index (χ2v) is 6.89. The molecule has 8 nitrogen and oxygen atoms in total. The molecule has 0 saturated heterocycles. The SMILES string of the molecule is O=[N+]([O-])c1ccc2nc(-c3ccccc3-c3nnc(-c4ccccc4Cl)o3)[nH]c2c1. The fourth-order valence-electron chi connectivity index (χ4n) is 3.19. The van der Waals surface area contributed by atoms with Crippen LogP contribution in [0.1, 0.15) is 0 Å². The van der Waals surface area contributed by atoms with Gasteiger partial charge in [-0.2, -0.15) is 0 Å². The smallest absolute Gasteiger partial charge is 0.271 e. The highest BCUT2D eigenvalue weighted by molar-refractivity contribution is 6.33. The third kappa shape index (κ3) is 3.09. The molecule has 5 rings (SSSR count). The lowest BCUT2D eigenvalue weighted by molar-refractivity contribution is -0.384. The van der Waals surface area contributed by atoms with E-state index in [9.17, 15) is 10.1 Å². The van der Waals surface area contributed by atoms with Crippen molar-refractivity contribution in [1.29, 1.82) is 0 Å². The summed E-state index contributed by atoms with van der Waals surface area (Å²) < 4.78 is 5.89. The number of hydrogen-bond acceptors (Lipinski definition) is 6. The summed E-state index contributed by atoms with van der Waals surface area (Å²) in [5, 5.41) is 19.9. The maximum Gasteiger partial charge on any atom is 0.271 e. The number of imidazole rings is 1. The molecule has 0 radical (unpaired) electrons. The largest absolute Gasteiger partial charge is 0.416 e. The molecule has 0 spiro atoms. The third-order valence-electron chi connectivity index (χ3n) is 4.62. The number of nitrogens with one attached hydrogen (secondary N) is 1. The Morgan fingerprint density at radius 2 is 1.57 bits per heavy atom. The Labute approximate surface area is 174 Å². The van der Waals surface area contributed by atoms with E-state index in [1.54, 1.807) is 18.2 Å². The summed E-state index contributed by atoms with van der Waals surface area (Å²) >= 11 is 6.23. The Morgan fingerprint density at radius 3 is 2.30 bits per heavy atom. The fourth-order valence-corrected chi connectivity index (χ4v) is 3.41. The van der Waals surface area contributed by atoms with E-state index < -0.39 is 4.92 Å². The molecule has 146 valence electrons. The van der Waals surface area contributed by atoms with E-state index in [-0.39, 0.29) is 5.69 Å². The second-order valence-electron chi connectivity index (χ2n) is 6.48. The number of hydrogen-bond donors (Lipinski definition) is 1. The molecule has 2 aromatic heterocycles. The first-order valence-corrected chi connectivity index (χ1v) is 9.30. The van der Waals surface area contributed by atoms with E-state index in [1.165, 1.54) is 12.1 Å². The van der Waals surface area contributed by atoms with Crippen LogP contribution in [0.3, 0.4) is 0 Å². The Morgan fingerprint density at radius 1 is 0.900 bits per heavy atom. The van der Waals surface area contributed by atoms with Crippen molar-refractivity contribution in [3.63, 3.8) is 0 Å². The van der Waals surface area contributed by atoms with Gasteiger partial charge in [-0.15, -0.1) is 10.2 Å². The monoisotopic (exact) mass is 417 g/mol. The van der Waals surface area contributed by atoms with Crippen LogP contribution < -0.4 is 0 Å². The minimum atomic E-state index is -0.442. The van der Waals surface area contributed by atoms with Crippen LogP contribution in [0.25, 0.3) is 45.3 Å². The quantitative estimate of drug-likeness (QED) is 0.305. The first kappa shape index (κ1) is 18.0. The first-order valence-electron chi connectivity index (χ1n) is 8.92. The summed E-state index contributed by atoms with van der Waals surface area (Å²) in [5.74, 6) is 1.16. The highest BCUT2D eigenvalue weighted by Gasteiger charge is 2.18. The normalized spacial score (nSPS) is 11.1. The minimum Gasteiger partial charge on any atom is -0.416 e. The number of fused-ring (bicyclic) bond motifs is 1. The molecule has 0 fully saturated rings. The molecule has 2 heterocycles. The number of rotatable bonds is 4. The predicted molar refractivity (Wildman–Crippen MR) is 112 cm³/mol. The van der Waals surface area contributed by atoms with Crippen LogP contribution in [0.5, 0.6) is 0 Å². The summed E-state index contributed by atoms with van der Waals surface area (Å²) in [7, 11) is 0. The molecule has 0 aliphatic heterocycles. The van der Waals surface area contributed by atoms with Gasteiger partial charge in [-0.05, 0) is 24.3 Å². The molecule has 0 amide bonds. The number of non-ortho nitro benzene ring substituents is 1. The van der Waals surface area contributed by atoms with Gasteiger partial charge in [0.25, 0.3) is 5.69 Å². The minimum absolute atomic E-state index is 0.00716. The van der Waals surface area contributed by atoms with Crippen LogP contribution in [-0.2, 0) is 0 Å². The second kappa shape index (κ2) is 7.09. The van der Waals surface area contributed by atoms with E-state index in [0.717, 1.165) is 5.56 Å². The molecule has 5 aromatic rings. The van der Waals surface area contributed by atoms with Crippen LogP contribution in [0.4, 0.5) is 5.69 Å². The lowest BCUT2D eigenvalue weighted by atomic mass is 10.1. The van der Waals surface area contributed by atoms with Crippen molar-refractivity contribution in [2.45, 2.75) is 0 Å². The standard InChI is InChI=1S/C21H12ClN5O3/c22-16-8-4-3-7-15(16)21-26-25-20(30-21)14-6-2-1-5-13(14)19-23-17-10-9-12(27(28)29)11-18(17)24-19/h1-11H,(H,23,24). The zero-order valence-corrected chi connectivity index (χ0v) is 16.0. The summed E-state index contributed by atoms with van der Waals surface area (Å²) in [6, 6.07) is 19.1. The Kier molecular flexibility index (Phi) is 4.26. The molecule has 9 heteroatoms. The van der Waals surface area contributed by atoms with Gasteiger partial charge in [-0.1, -0.05) is 41.9 Å². The van der Waals surface area contributed by atoms with Crippen LogP contribution >= 0.6 is 11.6 Å². The maximum absolute atomic E-state index is 11.0. The summed E-state index contributed by atoms with van der Waals surface area (Å²) in [5.41, 5.74) is 3.23. The molecule has 30 heavy (non-hydrogen) atoms. The topological polar surface area (TPSA) is 111 Å². The van der Waals surface area contributed by atoms with Crippen LogP contribution in [0.2, 0.25) is 5.02 Å². The highest BCUT2D eigenvalue weighted by atomic mass is 35.5. The van der Waals surface area contributed by atoms with Gasteiger partial charge < -0.3 is 9.40 Å². The molecule has 0 aliphatic carbocycles. The number of aromatic nitrogens is 4. The van der Waals surface area contributed by atoms with E-state index in [1.807, 2.05) is 36.4 Å². The van der Waals surface area contributed by atoms with Gasteiger partial charge in [0.2, 0.25) is 11.8 Å². The van der Waals surface area contributed by atoms with E-state index in [0.29, 0.717) is 44.8 Å². The number of nitro groups is 1. The van der Waals surface area contributed by atoms with Crippen molar-refractivity contribution in [3.8, 4) is 34.3 Å². The fraction of sp³-hybridized carbons (Fsp3) is 0. The summed E-state index contributed by atoms with van der Waals surface area (Å²) in [6.07, 6.45) is 0. The Bertz CT molecular complexity index is 1410. The summed E-state index contributed by atoms with van der Waals surface area (Å²) in [4.78, 5) is 18.3. The van der Waals surface area contributed by atoms with E-state index in [4.69, 9.17) is 16.0 Å². The Balaban J connectivity index is 1.60. The molecule has 0 bridgehead atoms. The van der Waals surface area contributed by atoms with Gasteiger partial charge in [0.05, 0.1) is 26.5 Å². The van der Waals surface area contributed by atoms with Crippen LogP contribution in [0, 0.1) is 10.1 Å². The molecule has 0 aliphatic rings. The number of aromatic amines is 1. The van der Waals surface area contributed by atoms with Crippen molar-refractivity contribution in [1.82, 2.24) is 20.2 Å². The predicted octanol–water partition coefficient (Wildman–Crippen LogP) is 5.51. The van der Waals surface area contributed by atoms with Gasteiger partial charge in [0, 0.05) is 23.3 Å². The Hall–Kier alpha value is -4.04. The molecule has 0 unspecified atom stereocenters. The van der Waals surface area contributed by atoms with Crippen molar-refractivity contribution >= 4 is 28.3 Å². The average Bonchev–Trinajstić information content (AvgIpc) is 3.41. The highest BCUT2D eigenvalue weighted by Crippen LogP contribution is 2.34. The van der Waals surface area contributed by atoms with Crippen molar-refractivity contribution in [2.24, 2.45) is 0 Å². The van der Waals surface area contributed by atoms with Crippen molar-refractivity contribution in [2.75, 3.05) is 0 Å². The number of H-pyrrole nitrogens is 1. The zero-order valence-electron chi connectivity index (χ0n) is 15.2. The number of nitrogens with zero attached hydrogens (tertiary/aromatic N) is 4.